The maximum absolute atomic E-state index is 12.9. The number of hydrogen-bond donors (Lipinski definition) is 2. The first-order chi connectivity index (χ1) is 16.4. The van der Waals surface area contributed by atoms with Gasteiger partial charge in [-0.1, -0.05) is 30.3 Å². The van der Waals surface area contributed by atoms with Crippen molar-refractivity contribution < 1.29 is 14.3 Å². The van der Waals surface area contributed by atoms with E-state index in [0.717, 1.165) is 18.6 Å². The summed E-state index contributed by atoms with van der Waals surface area (Å²) in [5.41, 5.74) is 2.31. The van der Waals surface area contributed by atoms with E-state index in [1.165, 1.54) is 16.9 Å². The number of rotatable bonds is 10. The highest BCUT2D eigenvalue weighted by molar-refractivity contribution is 7.09. The fraction of sp³-hybridized carbons (Fsp3) is 0.346. The Hall–Kier alpha value is -3.39. The molecule has 0 aliphatic rings. The summed E-state index contributed by atoms with van der Waals surface area (Å²) in [5, 5.41) is 8.38. The topological polar surface area (TPSA) is 83.6 Å². The first kappa shape index (κ1) is 25.2. The summed E-state index contributed by atoms with van der Waals surface area (Å²) in [6, 6.07) is 17.1. The summed E-state index contributed by atoms with van der Waals surface area (Å²) < 4.78 is 5.16. The van der Waals surface area contributed by atoms with Gasteiger partial charge in [0, 0.05) is 23.2 Å². The van der Waals surface area contributed by atoms with Crippen LogP contribution in [0.25, 0.3) is 0 Å². The van der Waals surface area contributed by atoms with Crippen molar-refractivity contribution in [3.63, 3.8) is 0 Å². The zero-order valence-electron chi connectivity index (χ0n) is 20.1. The third-order valence-corrected chi connectivity index (χ3v) is 6.24. The van der Waals surface area contributed by atoms with Crippen LogP contribution in [0, 0.1) is 0 Å². The lowest BCUT2D eigenvalue weighted by Gasteiger charge is -2.26. The Morgan fingerprint density at radius 2 is 1.76 bits per heavy atom. The van der Waals surface area contributed by atoms with Gasteiger partial charge in [-0.2, -0.15) is 0 Å². The fourth-order valence-electron chi connectivity index (χ4n) is 3.39. The number of thiazole rings is 1. The molecule has 0 saturated heterocycles. The van der Waals surface area contributed by atoms with Crippen LogP contribution >= 0.6 is 11.3 Å². The van der Waals surface area contributed by atoms with Gasteiger partial charge in [0.25, 0.3) is 5.91 Å². The molecule has 0 aliphatic heterocycles. The molecule has 3 aromatic rings. The number of benzene rings is 2. The van der Waals surface area contributed by atoms with Crippen LogP contribution in [0.15, 0.2) is 60.0 Å². The lowest BCUT2D eigenvalue weighted by molar-refractivity contribution is 0.0934. The van der Waals surface area contributed by atoms with Crippen molar-refractivity contribution in [1.82, 2.24) is 15.2 Å². The Morgan fingerprint density at radius 1 is 1.06 bits per heavy atom. The largest absolute Gasteiger partial charge is 0.497 e. The van der Waals surface area contributed by atoms with E-state index in [1.54, 1.807) is 41.7 Å². The van der Waals surface area contributed by atoms with Crippen LogP contribution in [0.4, 0.5) is 10.5 Å². The quantitative estimate of drug-likeness (QED) is 0.410. The summed E-state index contributed by atoms with van der Waals surface area (Å²) in [5.74, 6) is 0.531. The Kier molecular flexibility index (Phi) is 9.04. The minimum absolute atomic E-state index is 0.0280. The maximum Gasteiger partial charge on any atom is 0.322 e. The van der Waals surface area contributed by atoms with Gasteiger partial charge in [-0.25, -0.2) is 9.78 Å². The number of amides is 3. The second-order valence-electron chi connectivity index (χ2n) is 8.41. The first-order valence-corrected chi connectivity index (χ1v) is 12.2. The first-order valence-electron chi connectivity index (χ1n) is 11.4. The van der Waals surface area contributed by atoms with Gasteiger partial charge in [0.15, 0.2) is 0 Å². The lowest BCUT2D eigenvalue weighted by Crippen LogP contribution is -2.39. The summed E-state index contributed by atoms with van der Waals surface area (Å²) in [6.07, 6.45) is 1.75. The molecule has 180 valence electrons. The molecule has 0 fully saturated rings. The molecular formula is C26H32N4O3S. The zero-order chi connectivity index (χ0) is 24.5. The molecule has 0 spiro atoms. The van der Waals surface area contributed by atoms with Gasteiger partial charge >= 0.3 is 6.03 Å². The second-order valence-corrected chi connectivity index (χ2v) is 9.35. The highest BCUT2D eigenvalue weighted by Gasteiger charge is 2.21. The number of urea groups is 1. The highest BCUT2D eigenvalue weighted by atomic mass is 32.1. The van der Waals surface area contributed by atoms with E-state index in [9.17, 15) is 9.59 Å². The minimum Gasteiger partial charge on any atom is -0.497 e. The summed E-state index contributed by atoms with van der Waals surface area (Å²) in [4.78, 5) is 31.7. The van der Waals surface area contributed by atoms with Gasteiger partial charge in [0.1, 0.15) is 16.5 Å². The Balaban J connectivity index is 1.55. The third kappa shape index (κ3) is 7.31. The molecule has 8 heteroatoms. The van der Waals surface area contributed by atoms with Crippen molar-refractivity contribution in [3.8, 4) is 5.75 Å². The molecule has 1 aromatic heterocycles. The molecule has 2 aromatic carbocycles. The fourth-order valence-corrected chi connectivity index (χ4v) is 4.16. The SMILES string of the molecule is COc1ccc(NC(=O)N(Cc2nc(C(=O)NC(C)CCc3ccccc3)cs2)C(C)C)cc1. The molecule has 2 N–H and O–H groups in total. The van der Waals surface area contributed by atoms with Gasteiger partial charge in [0.2, 0.25) is 0 Å². The van der Waals surface area contributed by atoms with Crippen molar-refractivity contribution in [2.45, 2.75) is 52.2 Å². The molecule has 1 atom stereocenters. The minimum atomic E-state index is -0.226. The van der Waals surface area contributed by atoms with Gasteiger partial charge in [0.05, 0.1) is 13.7 Å². The van der Waals surface area contributed by atoms with Crippen molar-refractivity contribution >= 4 is 29.0 Å². The van der Waals surface area contributed by atoms with Gasteiger partial charge < -0.3 is 20.3 Å². The van der Waals surface area contributed by atoms with Crippen molar-refractivity contribution in [1.29, 1.82) is 0 Å². The van der Waals surface area contributed by atoms with E-state index < -0.39 is 0 Å². The number of hydrogen-bond acceptors (Lipinski definition) is 5. The van der Waals surface area contributed by atoms with E-state index in [-0.39, 0.29) is 24.0 Å². The zero-order valence-corrected chi connectivity index (χ0v) is 20.9. The summed E-state index contributed by atoms with van der Waals surface area (Å²) in [6.45, 7) is 6.21. The Morgan fingerprint density at radius 3 is 2.41 bits per heavy atom. The molecular weight excluding hydrogens is 448 g/mol. The van der Waals surface area contributed by atoms with Gasteiger partial charge in [-0.3, -0.25) is 4.79 Å². The average molecular weight is 481 g/mol. The van der Waals surface area contributed by atoms with Gasteiger partial charge in [-0.05, 0) is 63.4 Å². The second kappa shape index (κ2) is 12.2. The van der Waals surface area contributed by atoms with E-state index in [2.05, 4.69) is 27.8 Å². The number of methoxy groups -OCH3 is 1. The molecule has 0 radical (unpaired) electrons. The van der Waals surface area contributed by atoms with Crippen molar-refractivity contribution in [2.75, 3.05) is 12.4 Å². The monoisotopic (exact) mass is 480 g/mol. The molecule has 1 unspecified atom stereocenters. The Bertz CT molecular complexity index is 1070. The van der Waals surface area contributed by atoms with E-state index in [4.69, 9.17) is 4.74 Å². The molecule has 1 heterocycles. The molecule has 3 amide bonds. The predicted octanol–water partition coefficient (Wildman–Crippen LogP) is 5.35. The van der Waals surface area contributed by atoms with E-state index in [1.807, 2.05) is 39.0 Å². The molecule has 0 aliphatic carbocycles. The van der Waals surface area contributed by atoms with Crippen LogP contribution in [0.1, 0.15) is 48.3 Å². The average Bonchev–Trinajstić information content (AvgIpc) is 3.31. The van der Waals surface area contributed by atoms with E-state index in [0.29, 0.717) is 22.9 Å². The van der Waals surface area contributed by atoms with E-state index >= 15 is 0 Å². The third-order valence-electron chi connectivity index (χ3n) is 5.40. The number of ether oxygens (including phenoxy) is 1. The smallest absolute Gasteiger partial charge is 0.322 e. The summed E-state index contributed by atoms with van der Waals surface area (Å²) in [7, 11) is 1.60. The molecule has 3 rings (SSSR count). The van der Waals surface area contributed by atoms with Crippen LogP contribution in [0.2, 0.25) is 0 Å². The number of carbonyl (C=O) groups excluding carboxylic acids is 2. The normalized spacial score (nSPS) is 11.7. The Labute approximate surface area is 205 Å². The number of carbonyl (C=O) groups is 2. The lowest BCUT2D eigenvalue weighted by atomic mass is 10.1. The van der Waals surface area contributed by atoms with Crippen LogP contribution in [-0.4, -0.2) is 41.0 Å². The number of anilines is 1. The van der Waals surface area contributed by atoms with Gasteiger partial charge in [-0.15, -0.1) is 11.3 Å². The molecule has 0 saturated carbocycles. The predicted molar refractivity (Wildman–Crippen MR) is 136 cm³/mol. The number of aromatic nitrogens is 1. The van der Waals surface area contributed by atoms with Crippen molar-refractivity contribution in [3.05, 3.63) is 76.2 Å². The highest BCUT2D eigenvalue weighted by Crippen LogP contribution is 2.18. The summed E-state index contributed by atoms with van der Waals surface area (Å²) >= 11 is 1.38. The van der Waals surface area contributed by atoms with Crippen molar-refractivity contribution in [2.24, 2.45) is 0 Å². The van der Waals surface area contributed by atoms with Crippen LogP contribution in [0.5, 0.6) is 5.75 Å². The number of aryl methyl sites for hydroxylation is 1. The molecule has 7 nitrogen and oxygen atoms in total. The van der Waals surface area contributed by atoms with Crippen LogP contribution in [-0.2, 0) is 13.0 Å². The maximum atomic E-state index is 12.9. The van der Waals surface area contributed by atoms with Crippen LogP contribution < -0.4 is 15.4 Å². The number of nitrogens with one attached hydrogen (secondary N) is 2. The molecule has 34 heavy (non-hydrogen) atoms. The standard InChI is InChI=1S/C26H32N4O3S/c1-18(2)30(26(32)28-21-12-14-22(33-4)15-13-21)16-24-29-23(17-34-24)25(31)27-19(3)10-11-20-8-6-5-7-9-20/h5-9,12-15,17-19H,10-11,16H2,1-4H3,(H,27,31)(H,28,32). The number of nitrogens with zero attached hydrogens (tertiary/aromatic N) is 2. The molecule has 0 bridgehead atoms. The van der Waals surface area contributed by atoms with Crippen LogP contribution in [0.3, 0.4) is 0 Å².